The Hall–Kier alpha value is -0.490. The zero-order valence-corrected chi connectivity index (χ0v) is 6.93. The van der Waals surface area contributed by atoms with Crippen LogP contribution in [0.15, 0.2) is 0 Å². The van der Waals surface area contributed by atoms with Crippen molar-refractivity contribution < 1.29 is 24.9 Å². The van der Waals surface area contributed by atoms with Crippen molar-refractivity contribution in [2.45, 2.75) is 18.6 Å². The van der Waals surface area contributed by atoms with Crippen LogP contribution in [0.3, 0.4) is 0 Å². The summed E-state index contributed by atoms with van der Waals surface area (Å²) in [4.78, 5) is 10.7. The van der Waals surface area contributed by atoms with Crippen LogP contribution < -0.4 is 0 Å². The minimum absolute atomic E-state index is 0.170. The van der Waals surface area contributed by atoms with Gasteiger partial charge in [0.25, 0.3) is 0 Å². The summed E-state index contributed by atoms with van der Waals surface area (Å²) in [6.07, 6.45) is -1.93. The Labute approximate surface area is 70.6 Å². The van der Waals surface area contributed by atoms with Gasteiger partial charge in [0.15, 0.2) is 5.78 Å². The Morgan fingerprint density at radius 2 is 2.08 bits per heavy atom. The number of rotatable bonds is 6. The van der Waals surface area contributed by atoms with Crippen LogP contribution in [0.4, 0.5) is 0 Å². The molecule has 2 atom stereocenters. The topological polar surface area (TPSA) is 87.0 Å². The SMILES string of the molecule is CO[C@H](CCO)[C@H](O)C(=O)CO. The number of hydrogen-bond acceptors (Lipinski definition) is 5. The lowest BCUT2D eigenvalue weighted by Crippen LogP contribution is -2.37. The number of Topliss-reactive ketones (excluding diaryl/α,β-unsaturated/α-hetero) is 1. The molecule has 0 rings (SSSR count). The summed E-state index contributed by atoms with van der Waals surface area (Å²) in [5, 5.41) is 26.1. The van der Waals surface area contributed by atoms with Gasteiger partial charge in [0.1, 0.15) is 12.7 Å². The lowest BCUT2D eigenvalue weighted by Gasteiger charge is -2.18. The molecule has 0 fully saturated rings. The maximum atomic E-state index is 10.7. The fourth-order valence-corrected chi connectivity index (χ4v) is 0.833. The summed E-state index contributed by atoms with van der Waals surface area (Å²) in [5.74, 6) is -0.699. The normalized spacial score (nSPS) is 15.7. The Morgan fingerprint density at radius 3 is 2.42 bits per heavy atom. The number of ether oxygens (including phenoxy) is 1. The van der Waals surface area contributed by atoms with Crippen LogP contribution in [0.2, 0.25) is 0 Å². The van der Waals surface area contributed by atoms with Crippen LogP contribution in [0.5, 0.6) is 0 Å². The average Bonchev–Trinajstić information content (AvgIpc) is 2.11. The third-order valence-corrected chi connectivity index (χ3v) is 1.55. The van der Waals surface area contributed by atoms with E-state index in [1.807, 2.05) is 0 Å². The highest BCUT2D eigenvalue weighted by Gasteiger charge is 2.24. The van der Waals surface area contributed by atoms with E-state index in [9.17, 15) is 4.79 Å². The molecule has 0 heterocycles. The molecular formula is C7H14O5. The fourth-order valence-electron chi connectivity index (χ4n) is 0.833. The molecular weight excluding hydrogens is 164 g/mol. The van der Waals surface area contributed by atoms with Crippen LogP contribution in [0.1, 0.15) is 6.42 Å². The number of hydrogen-bond donors (Lipinski definition) is 3. The number of aliphatic hydroxyl groups is 3. The number of methoxy groups -OCH3 is 1. The summed E-state index contributed by atoms with van der Waals surface area (Å²) in [6.45, 7) is -0.888. The predicted octanol–water partition coefficient (Wildman–Crippen LogP) is -1.69. The van der Waals surface area contributed by atoms with Crippen molar-refractivity contribution >= 4 is 5.78 Å². The summed E-state index contributed by atoms with van der Waals surface area (Å²) >= 11 is 0. The smallest absolute Gasteiger partial charge is 0.189 e. The van der Waals surface area contributed by atoms with Crippen LogP contribution >= 0.6 is 0 Å². The molecule has 0 unspecified atom stereocenters. The Bertz CT molecular complexity index is 136. The lowest BCUT2D eigenvalue weighted by atomic mass is 10.1. The molecule has 5 heteroatoms. The van der Waals surface area contributed by atoms with Gasteiger partial charge in [0.2, 0.25) is 0 Å². The monoisotopic (exact) mass is 178 g/mol. The number of ketones is 1. The maximum Gasteiger partial charge on any atom is 0.189 e. The van der Waals surface area contributed by atoms with Crippen LogP contribution in [0, 0.1) is 0 Å². The van der Waals surface area contributed by atoms with Gasteiger partial charge in [-0.3, -0.25) is 4.79 Å². The molecule has 0 aliphatic carbocycles. The molecule has 72 valence electrons. The first-order valence-corrected chi connectivity index (χ1v) is 3.62. The van der Waals surface area contributed by atoms with E-state index < -0.39 is 24.6 Å². The van der Waals surface area contributed by atoms with Crippen LogP contribution in [-0.4, -0.2) is 53.6 Å². The van der Waals surface area contributed by atoms with Crippen LogP contribution in [-0.2, 0) is 9.53 Å². The Balaban J connectivity index is 4.00. The standard InChI is InChI=1S/C7H14O5/c1-12-6(2-3-8)7(11)5(10)4-9/h6-9,11H,2-4H2,1H3/t6-,7-/m1/s1. The van der Waals surface area contributed by atoms with E-state index in [0.717, 1.165) is 0 Å². The van der Waals surface area contributed by atoms with Gasteiger partial charge < -0.3 is 20.1 Å². The van der Waals surface area contributed by atoms with Crippen molar-refractivity contribution in [1.29, 1.82) is 0 Å². The van der Waals surface area contributed by atoms with E-state index in [-0.39, 0.29) is 13.0 Å². The molecule has 0 spiro atoms. The average molecular weight is 178 g/mol. The molecule has 0 saturated heterocycles. The molecule has 3 N–H and O–H groups in total. The molecule has 0 aromatic heterocycles. The first kappa shape index (κ1) is 11.5. The minimum Gasteiger partial charge on any atom is -0.396 e. The van der Waals surface area contributed by atoms with E-state index in [1.165, 1.54) is 7.11 Å². The minimum atomic E-state index is -1.35. The number of aliphatic hydroxyl groups excluding tert-OH is 3. The molecule has 0 bridgehead atoms. The van der Waals surface area contributed by atoms with Gasteiger partial charge in [0, 0.05) is 13.7 Å². The second kappa shape index (κ2) is 6.07. The zero-order valence-electron chi connectivity index (χ0n) is 6.93. The highest BCUT2D eigenvalue weighted by atomic mass is 16.5. The van der Waals surface area contributed by atoms with Crippen LogP contribution in [0.25, 0.3) is 0 Å². The molecule has 0 saturated carbocycles. The van der Waals surface area contributed by atoms with Gasteiger partial charge in [0.05, 0.1) is 6.10 Å². The summed E-state index contributed by atoms with van der Waals surface area (Å²) in [7, 11) is 1.33. The van der Waals surface area contributed by atoms with E-state index in [4.69, 9.17) is 20.1 Å². The van der Waals surface area contributed by atoms with Crippen molar-refractivity contribution in [3.63, 3.8) is 0 Å². The van der Waals surface area contributed by atoms with Gasteiger partial charge in [-0.25, -0.2) is 0 Å². The molecule has 0 aromatic carbocycles. The molecule has 0 aliphatic heterocycles. The maximum absolute atomic E-state index is 10.7. The van der Waals surface area contributed by atoms with Gasteiger partial charge in [-0.2, -0.15) is 0 Å². The Kier molecular flexibility index (Phi) is 5.83. The van der Waals surface area contributed by atoms with E-state index in [2.05, 4.69) is 0 Å². The first-order chi connectivity index (χ1) is 5.67. The van der Waals surface area contributed by atoms with Crippen molar-refractivity contribution in [1.82, 2.24) is 0 Å². The Morgan fingerprint density at radius 1 is 1.50 bits per heavy atom. The molecule has 12 heavy (non-hydrogen) atoms. The molecule has 0 radical (unpaired) electrons. The van der Waals surface area contributed by atoms with Gasteiger partial charge in [-0.1, -0.05) is 0 Å². The molecule has 0 aliphatic rings. The van der Waals surface area contributed by atoms with Crippen molar-refractivity contribution in [3.05, 3.63) is 0 Å². The second-order valence-electron chi connectivity index (χ2n) is 2.36. The van der Waals surface area contributed by atoms with E-state index >= 15 is 0 Å². The van der Waals surface area contributed by atoms with Gasteiger partial charge >= 0.3 is 0 Å². The third kappa shape index (κ3) is 3.27. The van der Waals surface area contributed by atoms with Crippen molar-refractivity contribution in [3.8, 4) is 0 Å². The third-order valence-electron chi connectivity index (χ3n) is 1.55. The largest absolute Gasteiger partial charge is 0.396 e. The summed E-state index contributed by atoms with van der Waals surface area (Å²) in [6, 6.07) is 0. The summed E-state index contributed by atoms with van der Waals surface area (Å²) < 4.78 is 4.73. The zero-order chi connectivity index (χ0) is 9.56. The quantitative estimate of drug-likeness (QED) is 0.451. The number of carbonyl (C=O) groups is 1. The highest BCUT2D eigenvalue weighted by molar-refractivity contribution is 5.84. The second-order valence-corrected chi connectivity index (χ2v) is 2.36. The van der Waals surface area contributed by atoms with E-state index in [0.29, 0.717) is 0 Å². The highest BCUT2D eigenvalue weighted by Crippen LogP contribution is 2.03. The van der Waals surface area contributed by atoms with Gasteiger partial charge in [-0.05, 0) is 6.42 Å². The first-order valence-electron chi connectivity index (χ1n) is 3.62. The van der Waals surface area contributed by atoms with Crippen molar-refractivity contribution in [2.75, 3.05) is 20.3 Å². The number of carbonyl (C=O) groups excluding carboxylic acids is 1. The molecule has 0 aromatic rings. The predicted molar refractivity (Wildman–Crippen MR) is 40.6 cm³/mol. The van der Waals surface area contributed by atoms with Gasteiger partial charge in [-0.15, -0.1) is 0 Å². The summed E-state index contributed by atoms with van der Waals surface area (Å²) in [5.41, 5.74) is 0. The fraction of sp³-hybridized carbons (Fsp3) is 0.857. The lowest BCUT2D eigenvalue weighted by molar-refractivity contribution is -0.137. The molecule has 5 nitrogen and oxygen atoms in total. The van der Waals surface area contributed by atoms with E-state index in [1.54, 1.807) is 0 Å². The molecule has 0 amide bonds. The van der Waals surface area contributed by atoms with Crippen molar-refractivity contribution in [2.24, 2.45) is 0 Å².